The molecule has 0 aliphatic carbocycles. The molecule has 1 heterocycles. The normalized spacial score (nSPS) is 11.6. The first-order valence-electron chi connectivity index (χ1n) is 3.64. The fraction of sp³-hybridized carbons (Fsp3) is 0.286. The summed E-state index contributed by atoms with van der Waals surface area (Å²) >= 11 is 2.80. The summed E-state index contributed by atoms with van der Waals surface area (Å²) in [5, 5.41) is 0. The van der Waals surface area contributed by atoms with E-state index in [0.29, 0.717) is 6.07 Å². The van der Waals surface area contributed by atoms with Crippen molar-refractivity contribution in [1.29, 1.82) is 0 Å². The number of hydrogen-bond donors (Lipinski definition) is 1. The van der Waals surface area contributed by atoms with E-state index in [1.54, 1.807) is 0 Å². The van der Waals surface area contributed by atoms with E-state index in [2.05, 4.69) is 25.7 Å². The van der Waals surface area contributed by atoms with Crippen LogP contribution in [0.15, 0.2) is 10.5 Å². The molecule has 0 fully saturated rings. The highest BCUT2D eigenvalue weighted by atomic mass is 79.9. The van der Waals surface area contributed by atoms with Crippen LogP contribution < -0.4 is 10.5 Å². The number of halogens is 5. The second-order valence-corrected chi connectivity index (χ2v) is 3.25. The summed E-state index contributed by atoms with van der Waals surface area (Å²) < 4.78 is 51.7. The van der Waals surface area contributed by atoms with Crippen molar-refractivity contribution in [2.24, 2.45) is 5.73 Å². The summed E-state index contributed by atoms with van der Waals surface area (Å²) in [4.78, 5) is 3.38. The van der Waals surface area contributed by atoms with Gasteiger partial charge < -0.3 is 10.5 Å². The van der Waals surface area contributed by atoms with Gasteiger partial charge in [0.1, 0.15) is 5.82 Å². The van der Waals surface area contributed by atoms with Gasteiger partial charge in [0.2, 0.25) is 5.88 Å². The van der Waals surface area contributed by atoms with Crippen molar-refractivity contribution in [2.75, 3.05) is 0 Å². The highest BCUT2D eigenvalue weighted by Gasteiger charge is 2.32. The standard InChI is InChI=1S/C7H5BrF4N2O/c8-6-3(9)1-5(14-4(6)2-13)15-7(10,11)12/h1H,2,13H2. The van der Waals surface area contributed by atoms with Crippen molar-refractivity contribution in [3.05, 3.63) is 22.1 Å². The van der Waals surface area contributed by atoms with Crippen molar-refractivity contribution < 1.29 is 22.3 Å². The number of ether oxygens (including phenoxy) is 1. The Morgan fingerprint density at radius 3 is 2.53 bits per heavy atom. The molecule has 0 aliphatic rings. The van der Waals surface area contributed by atoms with Crippen molar-refractivity contribution in [3.63, 3.8) is 0 Å². The smallest absolute Gasteiger partial charge is 0.388 e. The van der Waals surface area contributed by atoms with Crippen LogP contribution in [0.5, 0.6) is 5.88 Å². The molecule has 0 radical (unpaired) electrons. The lowest BCUT2D eigenvalue weighted by Crippen LogP contribution is -2.19. The van der Waals surface area contributed by atoms with Gasteiger partial charge in [-0.3, -0.25) is 0 Å². The number of aromatic nitrogens is 1. The zero-order valence-corrected chi connectivity index (χ0v) is 8.69. The van der Waals surface area contributed by atoms with Gasteiger partial charge in [0.25, 0.3) is 0 Å². The van der Waals surface area contributed by atoms with E-state index < -0.39 is 18.1 Å². The van der Waals surface area contributed by atoms with Crippen molar-refractivity contribution in [2.45, 2.75) is 12.9 Å². The number of rotatable bonds is 2. The van der Waals surface area contributed by atoms with Gasteiger partial charge in [-0.15, -0.1) is 13.2 Å². The lowest BCUT2D eigenvalue weighted by molar-refractivity contribution is -0.276. The molecule has 3 nitrogen and oxygen atoms in total. The largest absolute Gasteiger partial charge is 0.574 e. The predicted octanol–water partition coefficient (Wildman–Crippen LogP) is 2.34. The second-order valence-electron chi connectivity index (χ2n) is 2.45. The Morgan fingerprint density at radius 1 is 1.47 bits per heavy atom. The molecular weight excluding hydrogens is 284 g/mol. The summed E-state index contributed by atoms with van der Waals surface area (Å²) in [6.07, 6.45) is -4.90. The van der Waals surface area contributed by atoms with Crippen LogP contribution in [0.4, 0.5) is 17.6 Å². The summed E-state index contributed by atoms with van der Waals surface area (Å²) in [7, 11) is 0. The van der Waals surface area contributed by atoms with E-state index in [-0.39, 0.29) is 16.7 Å². The van der Waals surface area contributed by atoms with E-state index >= 15 is 0 Å². The molecule has 0 bridgehead atoms. The zero-order valence-electron chi connectivity index (χ0n) is 7.11. The predicted molar refractivity (Wildman–Crippen MR) is 46.5 cm³/mol. The number of alkyl halides is 3. The molecule has 84 valence electrons. The maximum absolute atomic E-state index is 13.0. The monoisotopic (exact) mass is 288 g/mol. The molecule has 0 spiro atoms. The fourth-order valence-corrected chi connectivity index (χ4v) is 1.20. The van der Waals surface area contributed by atoms with Gasteiger partial charge in [0.05, 0.1) is 10.2 Å². The van der Waals surface area contributed by atoms with Crippen LogP contribution in [0.3, 0.4) is 0 Å². The molecule has 8 heteroatoms. The van der Waals surface area contributed by atoms with E-state index in [1.807, 2.05) is 0 Å². The average Bonchev–Trinajstić information content (AvgIpc) is 2.08. The van der Waals surface area contributed by atoms with Crippen LogP contribution in [0.2, 0.25) is 0 Å². The van der Waals surface area contributed by atoms with Crippen LogP contribution >= 0.6 is 15.9 Å². The molecule has 0 aliphatic heterocycles. The molecule has 0 atom stereocenters. The van der Waals surface area contributed by atoms with Crippen LogP contribution in [-0.2, 0) is 6.54 Å². The summed E-state index contributed by atoms with van der Waals surface area (Å²) in [5.41, 5.74) is 5.11. The first-order valence-corrected chi connectivity index (χ1v) is 4.43. The molecule has 1 aromatic rings. The minimum Gasteiger partial charge on any atom is -0.388 e. The van der Waals surface area contributed by atoms with Crippen LogP contribution in [0.1, 0.15) is 5.69 Å². The minimum absolute atomic E-state index is 0.0470. The van der Waals surface area contributed by atoms with Gasteiger partial charge in [0.15, 0.2) is 0 Å². The number of hydrogen-bond acceptors (Lipinski definition) is 3. The SMILES string of the molecule is NCc1nc(OC(F)(F)F)cc(F)c1Br. The molecule has 0 saturated carbocycles. The van der Waals surface area contributed by atoms with E-state index in [9.17, 15) is 17.6 Å². The van der Waals surface area contributed by atoms with Gasteiger partial charge in [-0.1, -0.05) is 0 Å². The summed E-state index contributed by atoms with van der Waals surface area (Å²) in [6, 6.07) is 0.525. The van der Waals surface area contributed by atoms with E-state index in [1.165, 1.54) is 0 Å². The Hall–Kier alpha value is -0.890. The zero-order chi connectivity index (χ0) is 11.6. The van der Waals surface area contributed by atoms with E-state index in [4.69, 9.17) is 5.73 Å². The Kier molecular flexibility index (Phi) is 3.50. The molecule has 0 saturated heterocycles. The number of nitrogens with zero attached hydrogens (tertiary/aromatic N) is 1. The molecule has 0 unspecified atom stereocenters. The Labute approximate surface area is 90.4 Å². The molecule has 1 aromatic heterocycles. The lowest BCUT2D eigenvalue weighted by Gasteiger charge is -2.10. The van der Waals surface area contributed by atoms with Gasteiger partial charge in [0, 0.05) is 12.6 Å². The van der Waals surface area contributed by atoms with Gasteiger partial charge in [-0.2, -0.15) is 0 Å². The fourth-order valence-electron chi connectivity index (χ4n) is 0.830. The van der Waals surface area contributed by atoms with Crippen molar-refractivity contribution in [1.82, 2.24) is 4.98 Å². The third-order valence-corrected chi connectivity index (χ3v) is 2.21. The quantitative estimate of drug-likeness (QED) is 0.850. The molecule has 1 rings (SSSR count). The second kappa shape index (κ2) is 4.31. The molecule has 15 heavy (non-hydrogen) atoms. The summed E-state index contributed by atoms with van der Waals surface area (Å²) in [6.45, 7) is -0.202. The molecule has 2 N–H and O–H groups in total. The lowest BCUT2D eigenvalue weighted by atomic mass is 10.3. The topological polar surface area (TPSA) is 48.1 Å². The Balaban J connectivity index is 3.06. The average molecular weight is 289 g/mol. The van der Waals surface area contributed by atoms with Crippen molar-refractivity contribution >= 4 is 15.9 Å². The summed E-state index contributed by atoms with van der Waals surface area (Å²) in [5.74, 6) is -1.78. The first-order chi connectivity index (χ1) is 6.83. The maximum atomic E-state index is 13.0. The number of pyridine rings is 1. The molecular formula is C7H5BrF4N2O. The van der Waals surface area contributed by atoms with Crippen molar-refractivity contribution in [3.8, 4) is 5.88 Å². The van der Waals surface area contributed by atoms with Gasteiger partial charge >= 0.3 is 6.36 Å². The van der Waals surface area contributed by atoms with Crippen LogP contribution in [-0.4, -0.2) is 11.3 Å². The first kappa shape index (κ1) is 12.2. The van der Waals surface area contributed by atoms with Crippen LogP contribution in [0, 0.1) is 5.82 Å². The number of nitrogens with two attached hydrogens (primary N) is 1. The Morgan fingerprint density at radius 2 is 2.07 bits per heavy atom. The molecule has 0 amide bonds. The maximum Gasteiger partial charge on any atom is 0.574 e. The van der Waals surface area contributed by atoms with Gasteiger partial charge in [-0.25, -0.2) is 9.37 Å². The minimum atomic E-state index is -4.90. The third-order valence-electron chi connectivity index (χ3n) is 1.37. The highest BCUT2D eigenvalue weighted by Crippen LogP contribution is 2.26. The Bertz CT molecular complexity index is 369. The molecule has 0 aromatic carbocycles. The van der Waals surface area contributed by atoms with Crippen LogP contribution in [0.25, 0.3) is 0 Å². The third kappa shape index (κ3) is 3.31. The highest BCUT2D eigenvalue weighted by molar-refractivity contribution is 9.10. The van der Waals surface area contributed by atoms with Gasteiger partial charge in [-0.05, 0) is 15.9 Å². The van der Waals surface area contributed by atoms with E-state index in [0.717, 1.165) is 0 Å².